The lowest BCUT2D eigenvalue weighted by molar-refractivity contribution is -0.113. The van der Waals surface area contributed by atoms with Gasteiger partial charge in [-0.15, -0.1) is 0 Å². The van der Waals surface area contributed by atoms with E-state index in [0.717, 1.165) is 11.0 Å². The van der Waals surface area contributed by atoms with Crippen molar-refractivity contribution in [3.63, 3.8) is 0 Å². The van der Waals surface area contributed by atoms with E-state index in [9.17, 15) is 9.18 Å². The average Bonchev–Trinajstić information content (AvgIpc) is 2.91. The monoisotopic (exact) mass is 380 g/mol. The molecular weight excluding hydrogens is 371 g/mol. The third-order valence-corrected chi connectivity index (χ3v) is 4.17. The molecule has 0 aliphatic heterocycles. The first-order chi connectivity index (χ1) is 10.6. The van der Waals surface area contributed by atoms with Gasteiger partial charge in [0.25, 0.3) is 0 Å². The Bertz CT molecular complexity index is 806. The van der Waals surface area contributed by atoms with E-state index in [1.54, 1.807) is 24.5 Å². The molecule has 0 radical (unpaired) electrons. The largest absolute Gasteiger partial charge is 0.332 e. The first-order valence-corrected chi connectivity index (χ1v) is 8.07. The number of imidazole rings is 1. The number of carbonyl (C=O) groups excluding carboxylic acids is 1. The van der Waals surface area contributed by atoms with E-state index in [1.807, 2.05) is 0 Å². The summed E-state index contributed by atoms with van der Waals surface area (Å²) in [5, 5.41) is 3.15. The SMILES string of the molecule is O=C(CSc1nc2ccncc2[nH]1)Nc1ccc(Br)cc1F. The van der Waals surface area contributed by atoms with Crippen LogP contribution in [-0.2, 0) is 4.79 Å². The number of aromatic nitrogens is 3. The van der Waals surface area contributed by atoms with Crippen molar-refractivity contribution < 1.29 is 9.18 Å². The fraction of sp³-hybridized carbons (Fsp3) is 0.0714. The second-order valence-electron chi connectivity index (χ2n) is 4.40. The maximum absolute atomic E-state index is 13.6. The van der Waals surface area contributed by atoms with E-state index >= 15 is 0 Å². The van der Waals surface area contributed by atoms with Crippen LogP contribution in [0.15, 0.2) is 46.3 Å². The minimum absolute atomic E-state index is 0.128. The molecule has 2 aromatic heterocycles. The van der Waals surface area contributed by atoms with Crippen LogP contribution in [-0.4, -0.2) is 26.6 Å². The Labute approximate surface area is 137 Å². The third-order valence-electron chi connectivity index (χ3n) is 2.81. The summed E-state index contributed by atoms with van der Waals surface area (Å²) in [4.78, 5) is 23.3. The zero-order valence-corrected chi connectivity index (χ0v) is 13.5. The molecule has 0 atom stereocenters. The number of aromatic amines is 1. The highest BCUT2D eigenvalue weighted by atomic mass is 79.9. The molecule has 0 saturated carbocycles. The van der Waals surface area contributed by atoms with Gasteiger partial charge >= 0.3 is 0 Å². The van der Waals surface area contributed by atoms with Crippen molar-refractivity contribution in [2.24, 2.45) is 0 Å². The Kier molecular flexibility index (Phi) is 4.39. The summed E-state index contributed by atoms with van der Waals surface area (Å²) in [6.45, 7) is 0. The second kappa shape index (κ2) is 6.45. The van der Waals surface area contributed by atoms with Gasteiger partial charge in [0.05, 0.1) is 28.7 Å². The lowest BCUT2D eigenvalue weighted by Gasteiger charge is -2.05. The van der Waals surface area contributed by atoms with Crippen LogP contribution in [0, 0.1) is 5.82 Å². The molecule has 5 nitrogen and oxygen atoms in total. The van der Waals surface area contributed by atoms with Gasteiger partial charge in [0, 0.05) is 10.7 Å². The van der Waals surface area contributed by atoms with Crippen LogP contribution in [0.2, 0.25) is 0 Å². The van der Waals surface area contributed by atoms with Gasteiger partial charge in [0.15, 0.2) is 5.16 Å². The molecule has 0 fully saturated rings. The van der Waals surface area contributed by atoms with Gasteiger partial charge in [-0.2, -0.15) is 0 Å². The maximum Gasteiger partial charge on any atom is 0.234 e. The summed E-state index contributed by atoms with van der Waals surface area (Å²) in [6, 6.07) is 6.26. The molecule has 1 aromatic carbocycles. The molecule has 0 saturated heterocycles. The van der Waals surface area contributed by atoms with Gasteiger partial charge in [-0.05, 0) is 24.3 Å². The number of halogens is 2. The molecule has 0 aliphatic rings. The first kappa shape index (κ1) is 15.0. The molecular formula is C14H10BrFN4OS. The van der Waals surface area contributed by atoms with Crippen molar-refractivity contribution in [3.8, 4) is 0 Å². The van der Waals surface area contributed by atoms with Gasteiger partial charge in [0.1, 0.15) is 5.82 Å². The van der Waals surface area contributed by atoms with Crippen LogP contribution in [0.1, 0.15) is 0 Å². The molecule has 8 heteroatoms. The number of amides is 1. The van der Waals surface area contributed by atoms with E-state index in [4.69, 9.17) is 0 Å². The summed E-state index contributed by atoms with van der Waals surface area (Å²) in [7, 11) is 0. The lowest BCUT2D eigenvalue weighted by atomic mass is 10.3. The van der Waals surface area contributed by atoms with E-state index in [0.29, 0.717) is 9.63 Å². The molecule has 22 heavy (non-hydrogen) atoms. The predicted molar refractivity (Wildman–Crippen MR) is 87.3 cm³/mol. The van der Waals surface area contributed by atoms with E-state index in [1.165, 1.54) is 23.9 Å². The van der Waals surface area contributed by atoms with E-state index < -0.39 is 5.82 Å². The number of benzene rings is 1. The summed E-state index contributed by atoms with van der Waals surface area (Å²) in [6.07, 6.45) is 3.32. The van der Waals surface area contributed by atoms with Crippen molar-refractivity contribution in [2.75, 3.05) is 11.1 Å². The molecule has 0 bridgehead atoms. The smallest absolute Gasteiger partial charge is 0.234 e. The highest BCUT2D eigenvalue weighted by molar-refractivity contribution is 9.10. The zero-order valence-electron chi connectivity index (χ0n) is 11.1. The Morgan fingerprint density at radius 3 is 3.05 bits per heavy atom. The number of anilines is 1. The second-order valence-corrected chi connectivity index (χ2v) is 6.28. The predicted octanol–water partition coefficient (Wildman–Crippen LogP) is 3.59. The molecule has 0 aliphatic carbocycles. The normalized spacial score (nSPS) is 10.8. The summed E-state index contributed by atoms with van der Waals surface area (Å²) in [5.41, 5.74) is 1.75. The van der Waals surface area contributed by atoms with Crippen molar-refractivity contribution in [1.29, 1.82) is 0 Å². The standard InChI is InChI=1S/C14H10BrFN4OS/c15-8-1-2-10(9(16)5-8)18-13(21)7-22-14-19-11-3-4-17-6-12(11)20-14/h1-6H,7H2,(H,18,21)(H,19,20). The van der Waals surface area contributed by atoms with Gasteiger partial charge in [0.2, 0.25) is 5.91 Å². The number of hydrogen-bond donors (Lipinski definition) is 2. The first-order valence-electron chi connectivity index (χ1n) is 6.29. The number of H-pyrrole nitrogens is 1. The molecule has 2 N–H and O–H groups in total. The number of nitrogens with one attached hydrogen (secondary N) is 2. The molecule has 112 valence electrons. The lowest BCUT2D eigenvalue weighted by Crippen LogP contribution is -2.15. The van der Waals surface area contributed by atoms with Gasteiger partial charge < -0.3 is 10.3 Å². The fourth-order valence-corrected chi connectivity index (χ4v) is 2.83. The number of fused-ring (bicyclic) bond motifs is 1. The Morgan fingerprint density at radius 2 is 2.27 bits per heavy atom. The van der Waals surface area contributed by atoms with Gasteiger partial charge in [-0.1, -0.05) is 27.7 Å². The molecule has 3 rings (SSSR count). The summed E-state index contributed by atoms with van der Waals surface area (Å²) in [5.74, 6) is -0.657. The highest BCUT2D eigenvalue weighted by Crippen LogP contribution is 2.21. The molecule has 2 heterocycles. The van der Waals surface area contributed by atoms with Crippen molar-refractivity contribution >= 4 is 50.3 Å². The topological polar surface area (TPSA) is 70.7 Å². The summed E-state index contributed by atoms with van der Waals surface area (Å²) < 4.78 is 14.3. The zero-order chi connectivity index (χ0) is 15.5. The van der Waals surface area contributed by atoms with Crippen LogP contribution in [0.25, 0.3) is 11.0 Å². The van der Waals surface area contributed by atoms with Crippen molar-refractivity contribution in [2.45, 2.75) is 5.16 Å². The molecule has 0 spiro atoms. The number of pyridine rings is 1. The highest BCUT2D eigenvalue weighted by Gasteiger charge is 2.10. The number of thioether (sulfide) groups is 1. The molecule has 1 amide bonds. The van der Waals surface area contributed by atoms with Gasteiger partial charge in [-0.25, -0.2) is 9.37 Å². The number of carbonyl (C=O) groups is 1. The van der Waals surface area contributed by atoms with Crippen LogP contribution >= 0.6 is 27.7 Å². The number of nitrogens with zero attached hydrogens (tertiary/aromatic N) is 2. The number of rotatable bonds is 4. The summed E-state index contributed by atoms with van der Waals surface area (Å²) >= 11 is 4.41. The quantitative estimate of drug-likeness (QED) is 0.678. The van der Waals surface area contributed by atoms with Gasteiger partial charge in [-0.3, -0.25) is 9.78 Å². The van der Waals surface area contributed by atoms with Crippen LogP contribution in [0.3, 0.4) is 0 Å². The van der Waals surface area contributed by atoms with Crippen LogP contribution < -0.4 is 5.32 Å². The maximum atomic E-state index is 13.6. The van der Waals surface area contributed by atoms with E-state index in [-0.39, 0.29) is 17.3 Å². The fourth-order valence-electron chi connectivity index (χ4n) is 1.81. The van der Waals surface area contributed by atoms with Crippen molar-refractivity contribution in [1.82, 2.24) is 15.0 Å². The number of hydrogen-bond acceptors (Lipinski definition) is 4. The van der Waals surface area contributed by atoms with E-state index in [2.05, 4.69) is 36.2 Å². The average molecular weight is 381 g/mol. The molecule has 0 unspecified atom stereocenters. The Morgan fingerprint density at radius 1 is 1.41 bits per heavy atom. The minimum atomic E-state index is -0.484. The third kappa shape index (κ3) is 3.45. The molecule has 3 aromatic rings. The minimum Gasteiger partial charge on any atom is -0.332 e. The van der Waals surface area contributed by atoms with Crippen LogP contribution in [0.4, 0.5) is 10.1 Å². The van der Waals surface area contributed by atoms with Crippen LogP contribution in [0.5, 0.6) is 0 Å². The Balaban J connectivity index is 1.62. The van der Waals surface area contributed by atoms with Crippen molar-refractivity contribution in [3.05, 3.63) is 46.9 Å². The Hall–Kier alpha value is -1.93.